The fourth-order valence-electron chi connectivity index (χ4n) is 1.63. The van der Waals surface area contributed by atoms with Crippen LogP contribution in [0, 0.1) is 0 Å². The van der Waals surface area contributed by atoms with Crippen molar-refractivity contribution in [2.75, 3.05) is 0 Å². The second-order valence-corrected chi connectivity index (χ2v) is 3.62. The van der Waals surface area contributed by atoms with Crippen LogP contribution in [0.1, 0.15) is 29.8 Å². The van der Waals surface area contributed by atoms with Gasteiger partial charge in [-0.25, -0.2) is 0 Å². The Labute approximate surface area is 89.6 Å². The molecule has 0 aliphatic carbocycles. The maximum Gasteiger partial charge on any atom is 0.119 e. The minimum Gasteiger partial charge on any atom is -0.382 e. The van der Waals surface area contributed by atoms with E-state index in [1.807, 2.05) is 30.5 Å². The molecule has 0 saturated carbocycles. The molecule has 0 amide bonds. The molecule has 1 aromatic heterocycles. The fraction of sp³-hybridized carbons (Fsp3) is 0.231. The molecule has 0 aliphatic heterocycles. The SMILES string of the molecule is CCc1ccc(C(O)c2ccc[nH]2)cc1. The first-order valence-corrected chi connectivity index (χ1v) is 5.21. The predicted molar refractivity (Wildman–Crippen MR) is 60.7 cm³/mol. The summed E-state index contributed by atoms with van der Waals surface area (Å²) in [7, 11) is 0. The zero-order valence-electron chi connectivity index (χ0n) is 8.77. The van der Waals surface area contributed by atoms with Crippen molar-refractivity contribution in [3.63, 3.8) is 0 Å². The average molecular weight is 201 g/mol. The van der Waals surface area contributed by atoms with Crippen LogP contribution in [0.5, 0.6) is 0 Å². The molecule has 2 heteroatoms. The van der Waals surface area contributed by atoms with Crippen molar-refractivity contribution < 1.29 is 5.11 Å². The second kappa shape index (κ2) is 4.32. The van der Waals surface area contributed by atoms with Crippen molar-refractivity contribution in [3.05, 3.63) is 59.4 Å². The summed E-state index contributed by atoms with van der Waals surface area (Å²) in [6.45, 7) is 2.12. The van der Waals surface area contributed by atoms with Crippen LogP contribution in [0.25, 0.3) is 0 Å². The largest absolute Gasteiger partial charge is 0.382 e. The van der Waals surface area contributed by atoms with Crippen LogP contribution in [0.3, 0.4) is 0 Å². The zero-order chi connectivity index (χ0) is 10.7. The molecule has 2 aromatic rings. The summed E-state index contributed by atoms with van der Waals surface area (Å²) < 4.78 is 0. The Balaban J connectivity index is 2.22. The maximum absolute atomic E-state index is 10.0. The quantitative estimate of drug-likeness (QED) is 0.786. The maximum atomic E-state index is 10.0. The molecule has 2 rings (SSSR count). The molecule has 78 valence electrons. The molecular weight excluding hydrogens is 186 g/mol. The Morgan fingerprint density at radius 2 is 1.93 bits per heavy atom. The van der Waals surface area contributed by atoms with Crippen LogP contribution in [0.4, 0.5) is 0 Å². The molecule has 1 unspecified atom stereocenters. The summed E-state index contributed by atoms with van der Waals surface area (Å²) in [5, 5.41) is 10.0. The van der Waals surface area contributed by atoms with Crippen molar-refractivity contribution >= 4 is 0 Å². The molecule has 0 fully saturated rings. The highest BCUT2D eigenvalue weighted by atomic mass is 16.3. The van der Waals surface area contributed by atoms with E-state index < -0.39 is 6.10 Å². The van der Waals surface area contributed by atoms with Crippen molar-refractivity contribution in [1.82, 2.24) is 4.98 Å². The van der Waals surface area contributed by atoms with Gasteiger partial charge in [0.15, 0.2) is 0 Å². The van der Waals surface area contributed by atoms with Gasteiger partial charge in [0.2, 0.25) is 0 Å². The van der Waals surface area contributed by atoms with Gasteiger partial charge >= 0.3 is 0 Å². The molecule has 15 heavy (non-hydrogen) atoms. The lowest BCUT2D eigenvalue weighted by Crippen LogP contribution is -1.99. The fourth-order valence-corrected chi connectivity index (χ4v) is 1.63. The van der Waals surface area contributed by atoms with Gasteiger partial charge in [-0.2, -0.15) is 0 Å². The van der Waals surface area contributed by atoms with Crippen molar-refractivity contribution in [3.8, 4) is 0 Å². The Morgan fingerprint density at radius 1 is 1.20 bits per heavy atom. The van der Waals surface area contributed by atoms with Crippen LogP contribution in [-0.2, 0) is 6.42 Å². The lowest BCUT2D eigenvalue weighted by atomic mass is 10.0. The highest BCUT2D eigenvalue weighted by Gasteiger charge is 2.09. The van der Waals surface area contributed by atoms with Gasteiger partial charge in [-0.1, -0.05) is 31.2 Å². The van der Waals surface area contributed by atoms with Crippen molar-refractivity contribution in [1.29, 1.82) is 0 Å². The Kier molecular flexibility index (Phi) is 2.88. The van der Waals surface area contributed by atoms with Crippen molar-refractivity contribution in [2.45, 2.75) is 19.4 Å². The van der Waals surface area contributed by atoms with E-state index in [9.17, 15) is 5.11 Å². The van der Waals surface area contributed by atoms with E-state index in [1.165, 1.54) is 5.56 Å². The summed E-state index contributed by atoms with van der Waals surface area (Å²) in [6.07, 6.45) is 2.29. The predicted octanol–water partition coefficient (Wildman–Crippen LogP) is 2.66. The van der Waals surface area contributed by atoms with E-state index in [4.69, 9.17) is 0 Å². The number of nitrogens with one attached hydrogen (secondary N) is 1. The van der Waals surface area contributed by atoms with E-state index in [2.05, 4.69) is 24.0 Å². The van der Waals surface area contributed by atoms with E-state index in [1.54, 1.807) is 0 Å². The molecule has 2 nitrogen and oxygen atoms in total. The van der Waals surface area contributed by atoms with E-state index in [0.29, 0.717) is 0 Å². The smallest absolute Gasteiger partial charge is 0.119 e. The molecule has 2 N–H and O–H groups in total. The third-order valence-corrected chi connectivity index (χ3v) is 2.62. The second-order valence-electron chi connectivity index (χ2n) is 3.62. The van der Waals surface area contributed by atoms with E-state index in [0.717, 1.165) is 17.7 Å². The van der Waals surface area contributed by atoms with Gasteiger partial charge in [-0.05, 0) is 29.7 Å². The Hall–Kier alpha value is -1.54. The van der Waals surface area contributed by atoms with E-state index >= 15 is 0 Å². The molecule has 0 radical (unpaired) electrons. The molecule has 1 heterocycles. The number of hydrogen-bond acceptors (Lipinski definition) is 1. The average Bonchev–Trinajstić information content (AvgIpc) is 2.82. The summed E-state index contributed by atoms with van der Waals surface area (Å²) in [5.74, 6) is 0. The van der Waals surface area contributed by atoms with Crippen LogP contribution < -0.4 is 0 Å². The Bertz CT molecular complexity index is 403. The van der Waals surface area contributed by atoms with E-state index in [-0.39, 0.29) is 0 Å². The number of aliphatic hydroxyl groups excluding tert-OH is 1. The molecule has 0 saturated heterocycles. The van der Waals surface area contributed by atoms with Gasteiger partial charge in [0.05, 0.1) is 0 Å². The topological polar surface area (TPSA) is 36.0 Å². The molecule has 0 aliphatic rings. The van der Waals surface area contributed by atoms with Gasteiger partial charge < -0.3 is 10.1 Å². The summed E-state index contributed by atoms with van der Waals surface area (Å²) in [5.41, 5.74) is 3.05. The highest BCUT2D eigenvalue weighted by Crippen LogP contribution is 2.20. The minimum absolute atomic E-state index is 0.550. The zero-order valence-corrected chi connectivity index (χ0v) is 8.77. The monoisotopic (exact) mass is 201 g/mol. The van der Waals surface area contributed by atoms with Crippen LogP contribution in [0.15, 0.2) is 42.6 Å². The third-order valence-electron chi connectivity index (χ3n) is 2.62. The highest BCUT2D eigenvalue weighted by molar-refractivity contribution is 5.29. The number of aryl methyl sites for hydroxylation is 1. The van der Waals surface area contributed by atoms with Gasteiger partial charge in [0.25, 0.3) is 0 Å². The van der Waals surface area contributed by atoms with Crippen LogP contribution in [-0.4, -0.2) is 10.1 Å². The van der Waals surface area contributed by atoms with Gasteiger partial charge in [-0.3, -0.25) is 0 Å². The molecule has 1 aromatic carbocycles. The minimum atomic E-state index is -0.550. The first kappa shape index (κ1) is 9.99. The number of aliphatic hydroxyl groups is 1. The molecule has 0 bridgehead atoms. The normalized spacial score (nSPS) is 12.7. The molecule has 1 atom stereocenters. The van der Waals surface area contributed by atoms with Crippen molar-refractivity contribution in [2.24, 2.45) is 0 Å². The van der Waals surface area contributed by atoms with Gasteiger partial charge in [-0.15, -0.1) is 0 Å². The molecular formula is C13H15NO. The summed E-state index contributed by atoms with van der Waals surface area (Å²) in [4.78, 5) is 3.01. The lowest BCUT2D eigenvalue weighted by molar-refractivity contribution is 0.216. The number of hydrogen-bond donors (Lipinski definition) is 2. The van der Waals surface area contributed by atoms with Gasteiger partial charge in [0, 0.05) is 11.9 Å². The number of aromatic nitrogens is 1. The third kappa shape index (κ3) is 2.10. The number of aromatic amines is 1. The Morgan fingerprint density at radius 3 is 2.47 bits per heavy atom. The van der Waals surface area contributed by atoms with Crippen LogP contribution in [0.2, 0.25) is 0 Å². The summed E-state index contributed by atoms with van der Waals surface area (Å²) >= 11 is 0. The number of rotatable bonds is 3. The summed E-state index contributed by atoms with van der Waals surface area (Å²) in [6, 6.07) is 11.8. The number of benzene rings is 1. The lowest BCUT2D eigenvalue weighted by Gasteiger charge is -2.09. The molecule has 0 spiro atoms. The first-order chi connectivity index (χ1) is 7.31. The van der Waals surface area contributed by atoms with Gasteiger partial charge in [0.1, 0.15) is 6.10 Å². The number of H-pyrrole nitrogens is 1. The van der Waals surface area contributed by atoms with Crippen LogP contribution >= 0.6 is 0 Å². The first-order valence-electron chi connectivity index (χ1n) is 5.21. The standard InChI is InChI=1S/C13H15NO/c1-2-10-5-7-11(8-6-10)13(15)12-4-3-9-14-12/h3-9,13-15H,2H2,1H3.